The average molecular weight is 776 g/mol. The van der Waals surface area contributed by atoms with Crippen LogP contribution in [0.3, 0.4) is 0 Å². The van der Waals surface area contributed by atoms with E-state index in [9.17, 15) is 14.0 Å². The number of piperazine rings is 1. The van der Waals surface area contributed by atoms with E-state index in [0.29, 0.717) is 49.6 Å². The van der Waals surface area contributed by atoms with Crippen LogP contribution < -0.4 is 4.90 Å². The molecule has 0 bridgehead atoms. The van der Waals surface area contributed by atoms with E-state index in [2.05, 4.69) is 59.2 Å². The van der Waals surface area contributed by atoms with Gasteiger partial charge in [0.05, 0.1) is 31.1 Å². The molecule has 0 N–H and O–H groups in total. The van der Waals surface area contributed by atoms with Crippen LogP contribution in [0.5, 0.6) is 0 Å². The van der Waals surface area contributed by atoms with Crippen LogP contribution in [-0.4, -0.2) is 118 Å². The molecule has 3 atom stereocenters. The summed E-state index contributed by atoms with van der Waals surface area (Å²) in [7, 11) is 0. The molecule has 0 aliphatic carbocycles. The van der Waals surface area contributed by atoms with Gasteiger partial charge in [-0.05, 0) is 58.4 Å². The van der Waals surface area contributed by atoms with Crippen molar-refractivity contribution in [2.24, 2.45) is 0 Å². The van der Waals surface area contributed by atoms with Gasteiger partial charge in [-0.1, -0.05) is 26.0 Å². The van der Waals surface area contributed by atoms with Gasteiger partial charge in [-0.25, -0.2) is 18.7 Å². The van der Waals surface area contributed by atoms with E-state index >= 15 is 0 Å². The highest BCUT2D eigenvalue weighted by Crippen LogP contribution is 2.42. The first-order chi connectivity index (χ1) is 22.6. The van der Waals surface area contributed by atoms with E-state index in [0.717, 1.165) is 34.7 Å². The number of ether oxygens (including phenoxy) is 2. The lowest BCUT2D eigenvalue weighted by Crippen LogP contribution is -2.64. The van der Waals surface area contributed by atoms with Crippen LogP contribution in [0.2, 0.25) is 0 Å². The largest absolute Gasteiger partial charge is 0.444 e. The standard InChI is InChI=1S/C35H47FIN7O4/c1-22-16-41(27(17-40-12-13-47-20-23(40)2)18-42(22)33(46)48-34(3,4)5)19-29(45)43-21-35(6,7)30-28(43)15-25(31-38-32(37)39-44(30)31)14-24-8-10-26(36)11-9-24/h8-11,15,22-23,27H,12-14,16-21H2,1-7H3/t22-,23-,27+/m1/s1. The van der Waals surface area contributed by atoms with Crippen molar-refractivity contribution >= 4 is 45.9 Å². The van der Waals surface area contributed by atoms with Crippen LogP contribution in [0.25, 0.3) is 5.65 Å². The highest BCUT2D eigenvalue weighted by Gasteiger charge is 2.44. The SMILES string of the molecule is C[C@@H]1COCCN1C[C@H]1CN(C(=O)OC(C)(C)C)[C@H](C)CN1CC(=O)N1CC(C)(C)c2c1cc(Cc1ccc(F)cc1)c1nc(I)nn21. The molecule has 2 aromatic heterocycles. The average Bonchev–Trinajstić information content (AvgIpc) is 3.51. The number of fused-ring (bicyclic) bond motifs is 3. The minimum atomic E-state index is -0.600. The summed E-state index contributed by atoms with van der Waals surface area (Å²) in [6.45, 7) is 18.7. The summed E-state index contributed by atoms with van der Waals surface area (Å²) < 4.78 is 27.7. The molecule has 0 unspecified atom stereocenters. The van der Waals surface area contributed by atoms with Crippen molar-refractivity contribution < 1.29 is 23.5 Å². The third kappa shape index (κ3) is 7.34. The van der Waals surface area contributed by atoms with Gasteiger partial charge in [-0.15, -0.1) is 5.10 Å². The Morgan fingerprint density at radius 2 is 1.83 bits per heavy atom. The smallest absolute Gasteiger partial charge is 0.410 e. The molecule has 2 amide bonds. The maximum Gasteiger partial charge on any atom is 0.410 e. The number of morpholine rings is 1. The minimum Gasteiger partial charge on any atom is -0.444 e. The second-order valence-electron chi connectivity index (χ2n) is 15.2. The van der Waals surface area contributed by atoms with Gasteiger partial charge in [-0.2, -0.15) is 0 Å². The summed E-state index contributed by atoms with van der Waals surface area (Å²) in [5.41, 5.74) is 3.42. The van der Waals surface area contributed by atoms with E-state index in [1.807, 2.05) is 42.0 Å². The van der Waals surface area contributed by atoms with Crippen molar-refractivity contribution in [3.05, 3.63) is 56.8 Å². The van der Waals surface area contributed by atoms with Gasteiger partial charge in [0.25, 0.3) is 0 Å². The minimum absolute atomic E-state index is 0.00154. The molecule has 11 nitrogen and oxygen atoms in total. The first-order valence-electron chi connectivity index (χ1n) is 16.8. The normalized spacial score (nSPS) is 23.5. The van der Waals surface area contributed by atoms with Gasteiger partial charge in [0.1, 0.15) is 11.4 Å². The van der Waals surface area contributed by atoms with Crippen LogP contribution in [0, 0.1) is 9.65 Å². The number of pyridine rings is 1. The number of halogens is 2. The van der Waals surface area contributed by atoms with E-state index in [1.165, 1.54) is 12.1 Å². The first-order valence-corrected chi connectivity index (χ1v) is 17.9. The highest BCUT2D eigenvalue weighted by molar-refractivity contribution is 14.1. The molecule has 6 rings (SSSR count). The third-order valence-corrected chi connectivity index (χ3v) is 10.1. The molecule has 1 aromatic carbocycles. The maximum absolute atomic E-state index is 14.5. The number of hydrogen-bond acceptors (Lipinski definition) is 8. The molecule has 2 saturated heterocycles. The number of carbonyl (C=O) groups is 2. The molecule has 0 spiro atoms. The number of anilines is 1. The Labute approximate surface area is 295 Å². The molecule has 0 radical (unpaired) electrons. The predicted molar refractivity (Wildman–Crippen MR) is 190 cm³/mol. The zero-order chi connectivity index (χ0) is 34.5. The Hall–Kier alpha value is -2.88. The monoisotopic (exact) mass is 775 g/mol. The van der Waals surface area contributed by atoms with Gasteiger partial charge in [0, 0.05) is 90.8 Å². The van der Waals surface area contributed by atoms with Crippen molar-refractivity contribution in [1.82, 2.24) is 29.3 Å². The van der Waals surface area contributed by atoms with Crippen LogP contribution in [0.1, 0.15) is 65.3 Å². The predicted octanol–water partition coefficient (Wildman–Crippen LogP) is 4.72. The molecule has 0 saturated carbocycles. The van der Waals surface area contributed by atoms with Crippen LogP contribution in [0.15, 0.2) is 30.3 Å². The summed E-state index contributed by atoms with van der Waals surface area (Å²) in [6, 6.07) is 8.59. The summed E-state index contributed by atoms with van der Waals surface area (Å²) in [4.78, 5) is 40.9. The Morgan fingerprint density at radius 1 is 1.10 bits per heavy atom. The van der Waals surface area contributed by atoms with Crippen LogP contribution in [0.4, 0.5) is 14.9 Å². The number of amides is 2. The molecule has 13 heteroatoms. The number of aromatic nitrogens is 3. The lowest BCUT2D eigenvalue weighted by atomic mass is 9.90. The lowest BCUT2D eigenvalue weighted by molar-refractivity contribution is -0.121. The van der Waals surface area contributed by atoms with E-state index in [-0.39, 0.29) is 47.9 Å². The van der Waals surface area contributed by atoms with Crippen molar-refractivity contribution in [3.8, 4) is 0 Å². The summed E-state index contributed by atoms with van der Waals surface area (Å²) in [5.74, 6) is -0.280. The number of rotatable bonds is 6. The summed E-state index contributed by atoms with van der Waals surface area (Å²) >= 11 is 2.13. The van der Waals surface area contributed by atoms with E-state index in [4.69, 9.17) is 19.6 Å². The number of benzene rings is 1. The van der Waals surface area contributed by atoms with Gasteiger partial charge in [-0.3, -0.25) is 14.6 Å². The Morgan fingerprint density at radius 3 is 2.52 bits per heavy atom. The van der Waals surface area contributed by atoms with Gasteiger partial charge >= 0.3 is 6.09 Å². The lowest BCUT2D eigenvalue weighted by Gasteiger charge is -2.47. The maximum atomic E-state index is 14.5. The topological polar surface area (TPSA) is 95.8 Å². The molecular weight excluding hydrogens is 728 g/mol. The van der Waals surface area contributed by atoms with Crippen molar-refractivity contribution in [3.63, 3.8) is 0 Å². The molecule has 260 valence electrons. The molecular formula is C35H47FIN7O4. The van der Waals surface area contributed by atoms with Crippen molar-refractivity contribution in [1.29, 1.82) is 0 Å². The zero-order valence-corrected chi connectivity index (χ0v) is 31.2. The quantitative estimate of drug-likeness (QED) is 0.333. The highest BCUT2D eigenvalue weighted by atomic mass is 127. The molecule has 2 fully saturated rings. The summed E-state index contributed by atoms with van der Waals surface area (Å²) in [6.07, 6.45) is 0.203. The number of carbonyl (C=O) groups excluding carboxylic acids is 2. The molecule has 48 heavy (non-hydrogen) atoms. The zero-order valence-electron chi connectivity index (χ0n) is 29.0. The number of hydrogen-bond donors (Lipinski definition) is 0. The van der Waals surface area contributed by atoms with Crippen molar-refractivity contribution in [2.75, 3.05) is 57.4 Å². The van der Waals surface area contributed by atoms with Crippen molar-refractivity contribution in [2.45, 2.75) is 84.0 Å². The van der Waals surface area contributed by atoms with Crippen LogP contribution >= 0.6 is 22.6 Å². The molecule has 3 aliphatic rings. The fourth-order valence-electron chi connectivity index (χ4n) is 7.24. The third-order valence-electron chi connectivity index (χ3n) is 9.60. The Balaban J connectivity index is 1.30. The van der Waals surface area contributed by atoms with Crippen LogP contribution in [-0.2, 0) is 26.1 Å². The molecule has 3 aromatic rings. The van der Waals surface area contributed by atoms with E-state index < -0.39 is 5.60 Å². The number of nitrogens with zero attached hydrogens (tertiary/aromatic N) is 7. The van der Waals surface area contributed by atoms with E-state index in [1.54, 1.807) is 12.1 Å². The second-order valence-corrected chi connectivity index (χ2v) is 16.1. The van der Waals surface area contributed by atoms with Gasteiger partial charge < -0.3 is 19.3 Å². The Kier molecular flexibility index (Phi) is 9.79. The molecule has 3 aliphatic heterocycles. The van der Waals surface area contributed by atoms with Gasteiger partial charge in [0.2, 0.25) is 9.74 Å². The fraction of sp³-hybridized carbons (Fsp3) is 0.600. The summed E-state index contributed by atoms with van der Waals surface area (Å²) in [5, 5.41) is 4.77. The Bertz CT molecular complexity index is 1670. The fourth-order valence-corrected chi connectivity index (χ4v) is 7.68. The second kappa shape index (κ2) is 13.4. The molecule has 5 heterocycles. The first kappa shape index (κ1) is 35.0. The van der Waals surface area contributed by atoms with Gasteiger partial charge in [0.15, 0.2) is 5.65 Å².